The molecule has 0 aliphatic carbocycles. The molecule has 1 aliphatic heterocycles. The molecule has 6 heteroatoms. The Balaban J connectivity index is 0.000000222. The summed E-state index contributed by atoms with van der Waals surface area (Å²) in [6.07, 6.45) is 1.05. The van der Waals surface area contributed by atoms with Crippen LogP contribution in [0.5, 0.6) is 0 Å². The van der Waals surface area contributed by atoms with Crippen molar-refractivity contribution in [3.63, 3.8) is 0 Å². The second-order valence-electron chi connectivity index (χ2n) is 14.1. The van der Waals surface area contributed by atoms with E-state index in [9.17, 15) is 0 Å². The van der Waals surface area contributed by atoms with Gasteiger partial charge < -0.3 is 0 Å². The van der Waals surface area contributed by atoms with Crippen LogP contribution >= 0.6 is 17.0 Å². The molecule has 1 heterocycles. The zero-order valence-electron chi connectivity index (χ0n) is 28.4. The van der Waals surface area contributed by atoms with Gasteiger partial charge in [0.15, 0.2) is 0 Å². The van der Waals surface area contributed by atoms with Crippen molar-refractivity contribution in [2.75, 3.05) is 0 Å². The summed E-state index contributed by atoms with van der Waals surface area (Å²) in [5, 5.41) is 8.72. The molecule has 6 aromatic carbocycles. The minimum atomic E-state index is -1.43. The Morgan fingerprint density at radius 1 is 0.702 bits per heavy atom. The molecule has 6 aromatic rings. The van der Waals surface area contributed by atoms with Gasteiger partial charge in [0.05, 0.1) is 25.7 Å². The molecule has 0 bridgehead atoms. The molecule has 2 radical (unpaired) electrons. The Bertz CT molecular complexity index is 1890. The van der Waals surface area contributed by atoms with Crippen LogP contribution in [-0.2, 0) is 27.3 Å². The van der Waals surface area contributed by atoms with Crippen LogP contribution in [0.1, 0.15) is 12.5 Å². The van der Waals surface area contributed by atoms with Crippen LogP contribution in [0, 0.1) is 6.07 Å². The van der Waals surface area contributed by atoms with E-state index in [1.807, 2.05) is 6.07 Å². The zero-order valence-corrected chi connectivity index (χ0v) is 35.4. The van der Waals surface area contributed by atoms with Gasteiger partial charge in [0, 0.05) is 0 Å². The first-order valence-corrected chi connectivity index (χ1v) is 30.5. The van der Waals surface area contributed by atoms with Gasteiger partial charge in [0.25, 0.3) is 0 Å². The van der Waals surface area contributed by atoms with Crippen molar-refractivity contribution >= 4 is 74.2 Å². The van der Waals surface area contributed by atoms with Crippen molar-refractivity contribution in [3.8, 4) is 33.4 Å². The Hall–Kier alpha value is -2.18. The van der Waals surface area contributed by atoms with Crippen LogP contribution < -0.4 is 20.7 Å². The number of benzene rings is 5. The summed E-state index contributed by atoms with van der Waals surface area (Å²) >= 11 is -0.826. The third kappa shape index (κ3) is 8.53. The zero-order chi connectivity index (χ0) is 33.8. The number of fused-ring (bicyclic) bond motifs is 4. The average Bonchev–Trinajstić information content (AvgIpc) is 3.66. The topological polar surface area (TPSA) is 0 Å². The molecule has 1 aliphatic rings. The van der Waals surface area contributed by atoms with Crippen LogP contribution in [0.3, 0.4) is 0 Å². The van der Waals surface area contributed by atoms with E-state index in [-0.39, 0.29) is 0 Å². The summed E-state index contributed by atoms with van der Waals surface area (Å²) in [6, 6.07) is 45.9. The summed E-state index contributed by atoms with van der Waals surface area (Å²) in [4.78, 5) is 0. The first-order chi connectivity index (χ1) is 22.4. The summed E-state index contributed by atoms with van der Waals surface area (Å²) in [7, 11) is 7.81. The number of aryl methyl sites for hydroxylation is 1. The van der Waals surface area contributed by atoms with Crippen LogP contribution in [0.4, 0.5) is 0 Å². The van der Waals surface area contributed by atoms with Gasteiger partial charge in [-0.3, -0.25) is 0 Å². The number of hydrogen-bond donors (Lipinski definition) is 0. The monoisotopic (exact) mass is 778 g/mol. The second kappa shape index (κ2) is 15.6. The fourth-order valence-electron chi connectivity index (χ4n) is 6.12. The molecule has 0 saturated heterocycles. The molecule has 0 aromatic heterocycles. The maximum absolute atomic E-state index is 4.93. The van der Waals surface area contributed by atoms with Crippen LogP contribution in [0.15, 0.2) is 115 Å². The van der Waals surface area contributed by atoms with Crippen molar-refractivity contribution < 1.29 is 20.8 Å². The fraction of sp³-hybridized carbons (Fsp3) is 0.195. The van der Waals surface area contributed by atoms with Gasteiger partial charge >= 0.3 is 37.9 Å². The first-order valence-electron chi connectivity index (χ1n) is 16.2. The summed E-state index contributed by atoms with van der Waals surface area (Å²) in [6.45, 7) is 17.1. The van der Waals surface area contributed by atoms with E-state index in [0.29, 0.717) is 0 Å². The largest absolute Gasteiger partial charge is 0.184 e. The van der Waals surface area contributed by atoms with Gasteiger partial charge in [-0.15, -0.1) is 40.1 Å². The van der Waals surface area contributed by atoms with Crippen molar-refractivity contribution in [2.24, 2.45) is 0 Å². The van der Waals surface area contributed by atoms with E-state index < -0.39 is 37.0 Å². The van der Waals surface area contributed by atoms with Gasteiger partial charge in [0.1, 0.15) is 0 Å². The predicted molar refractivity (Wildman–Crippen MR) is 213 cm³/mol. The molecule has 0 amide bonds. The second-order valence-corrected chi connectivity index (χ2v) is 29.2. The maximum atomic E-state index is 4.93. The Labute approximate surface area is 305 Å². The molecule has 0 atom stereocenters. The summed E-state index contributed by atoms with van der Waals surface area (Å²) in [5.74, 6) is 0. The van der Waals surface area contributed by atoms with Gasteiger partial charge in [-0.2, -0.15) is 29.5 Å². The molecule has 0 N–H and O–H groups in total. The molecule has 0 saturated carbocycles. The van der Waals surface area contributed by atoms with Crippen molar-refractivity contribution in [1.29, 1.82) is 0 Å². The Morgan fingerprint density at radius 2 is 1.32 bits per heavy atom. The van der Waals surface area contributed by atoms with E-state index in [4.69, 9.17) is 17.0 Å². The van der Waals surface area contributed by atoms with Gasteiger partial charge in [0.2, 0.25) is 0 Å². The molecule has 47 heavy (non-hydrogen) atoms. The van der Waals surface area contributed by atoms with E-state index >= 15 is 0 Å². The van der Waals surface area contributed by atoms with E-state index in [1.54, 1.807) is 10.4 Å². The average molecular weight is 781 g/mol. The molecule has 0 fully saturated rings. The molecule has 0 unspecified atom stereocenters. The van der Waals surface area contributed by atoms with E-state index in [2.05, 4.69) is 161 Å². The predicted octanol–water partition coefficient (Wildman–Crippen LogP) is 10.0. The van der Waals surface area contributed by atoms with E-state index in [1.165, 1.54) is 60.1 Å². The van der Waals surface area contributed by atoms with Crippen molar-refractivity contribution in [3.05, 3.63) is 127 Å². The van der Waals surface area contributed by atoms with Gasteiger partial charge in [-0.05, 0) is 17.5 Å². The molecular formula is C41H42Cl2Si3Zr. The van der Waals surface area contributed by atoms with Crippen molar-refractivity contribution in [2.45, 2.75) is 52.6 Å². The van der Waals surface area contributed by atoms with Gasteiger partial charge in [-0.25, -0.2) is 0 Å². The molecular weight excluding hydrogens is 739 g/mol. The molecule has 236 valence electrons. The first kappa shape index (κ1) is 36.1. The Kier molecular flexibility index (Phi) is 12.0. The quantitative estimate of drug-likeness (QED) is 0.121. The van der Waals surface area contributed by atoms with E-state index in [0.717, 1.165) is 15.9 Å². The third-order valence-electron chi connectivity index (χ3n) is 8.75. The summed E-state index contributed by atoms with van der Waals surface area (Å²) < 4.78 is 0. The minimum absolute atomic E-state index is 0.795. The normalized spacial score (nSPS) is 11.9. The third-order valence-corrected chi connectivity index (χ3v) is 14.2. The van der Waals surface area contributed by atoms with Crippen LogP contribution in [0.2, 0.25) is 39.3 Å². The SMILES string of the molecule is CCc1ccc2[cH-]c(-c3ccccc3)cc2c1-c1cc([Si](C)(C)C)cc([Si](C)(C)C)c1.[Cl][Zr+2][Cl].[c-]1cccc2c1[Si]c1ccccc1-2. The fourth-order valence-corrected chi connectivity index (χ4v) is 9.93. The number of hydrogen-bond acceptors (Lipinski definition) is 0. The maximum Gasteiger partial charge on any atom is 0.0920 e. The van der Waals surface area contributed by atoms with Crippen molar-refractivity contribution in [1.82, 2.24) is 0 Å². The van der Waals surface area contributed by atoms with Gasteiger partial charge in [-0.1, -0.05) is 157 Å². The molecule has 7 rings (SSSR count). The summed E-state index contributed by atoms with van der Waals surface area (Å²) in [5.41, 5.74) is 9.70. The van der Waals surface area contributed by atoms with Crippen LogP contribution in [0.25, 0.3) is 44.2 Å². The van der Waals surface area contributed by atoms with Crippen LogP contribution in [-0.4, -0.2) is 25.7 Å². The smallest absolute Gasteiger partial charge is 0.0920 e. The molecule has 0 spiro atoms. The standard InChI is InChI=1S/C29H35Si2.C12H7Si.2ClH.Zr/c1-8-21-14-15-23-16-24(22-12-10-9-11-13-22)19-28(23)29(21)25-17-26(30(2,3)4)20-27(18-25)31(5,6)7;1-3-7-11-9(5-1)10-6-2-4-8-12(10)13-11;;;/h9-20H,8H2,1-7H3;1-7H;2*1H;/q2*-1;;;+4/p-2. The molecule has 0 nitrogen and oxygen atoms in total. The number of halogens is 2. The minimum Gasteiger partial charge on any atom is -0.184 e. The number of rotatable bonds is 5. The Morgan fingerprint density at radius 3 is 1.96 bits per heavy atom.